The third-order valence-corrected chi connectivity index (χ3v) is 2.60. The van der Waals surface area contributed by atoms with Gasteiger partial charge in [0.25, 0.3) is 0 Å². The summed E-state index contributed by atoms with van der Waals surface area (Å²) in [7, 11) is 0. The second-order valence-electron chi connectivity index (χ2n) is 3.78. The minimum Gasteiger partial charge on any atom is -0.316 e. The summed E-state index contributed by atoms with van der Waals surface area (Å²) in [6.07, 6.45) is 4.67. The highest BCUT2D eigenvalue weighted by molar-refractivity contribution is 5.85. The normalized spacial score (nSPS) is 20.0. The van der Waals surface area contributed by atoms with Crippen LogP contribution in [0, 0.1) is 17.6 Å². The van der Waals surface area contributed by atoms with Crippen LogP contribution in [0.3, 0.4) is 0 Å². The molecule has 0 spiro atoms. The first-order chi connectivity index (χ1) is 7.25. The number of halogens is 3. The molecule has 88 valence electrons. The van der Waals surface area contributed by atoms with Gasteiger partial charge in [-0.05, 0) is 37.1 Å². The Balaban J connectivity index is 0.00000128. The molecule has 1 aliphatic rings. The largest absolute Gasteiger partial charge is 0.316 e. The molecule has 1 aliphatic heterocycles. The van der Waals surface area contributed by atoms with Gasteiger partial charge in [0.05, 0.1) is 0 Å². The molecule has 16 heavy (non-hydrogen) atoms. The van der Waals surface area contributed by atoms with Crippen molar-refractivity contribution in [3.05, 3.63) is 41.5 Å². The lowest BCUT2D eigenvalue weighted by Gasteiger charge is -2.00. The van der Waals surface area contributed by atoms with Crippen LogP contribution in [0.1, 0.15) is 12.0 Å². The minimum atomic E-state index is -0.402. The molecule has 0 saturated carbocycles. The third-order valence-electron chi connectivity index (χ3n) is 2.60. The number of benzene rings is 1. The molecule has 0 bridgehead atoms. The fourth-order valence-corrected chi connectivity index (χ4v) is 1.72. The molecule has 0 aliphatic carbocycles. The van der Waals surface area contributed by atoms with Crippen LogP contribution in [0.5, 0.6) is 0 Å². The predicted molar refractivity (Wildman–Crippen MR) is 63.6 cm³/mol. The zero-order valence-corrected chi connectivity index (χ0v) is 9.57. The second kappa shape index (κ2) is 5.97. The van der Waals surface area contributed by atoms with Gasteiger partial charge in [-0.25, -0.2) is 8.78 Å². The Morgan fingerprint density at radius 3 is 2.81 bits per heavy atom. The van der Waals surface area contributed by atoms with Crippen molar-refractivity contribution in [1.82, 2.24) is 5.32 Å². The smallest absolute Gasteiger partial charge is 0.130 e. The van der Waals surface area contributed by atoms with Crippen molar-refractivity contribution in [2.45, 2.75) is 6.42 Å². The highest BCUT2D eigenvalue weighted by atomic mass is 35.5. The first-order valence-electron chi connectivity index (χ1n) is 5.09. The SMILES string of the molecule is Cl.Fc1ccc(F)c(/C=C/C2CCNC2)c1. The van der Waals surface area contributed by atoms with E-state index in [1.807, 2.05) is 6.08 Å². The molecule has 1 atom stereocenters. The average Bonchev–Trinajstić information content (AvgIpc) is 2.72. The molecule has 1 aromatic rings. The van der Waals surface area contributed by atoms with E-state index in [0.717, 1.165) is 31.6 Å². The Morgan fingerprint density at radius 2 is 2.12 bits per heavy atom. The van der Waals surface area contributed by atoms with Gasteiger partial charge in [0.2, 0.25) is 0 Å². The van der Waals surface area contributed by atoms with Crippen molar-refractivity contribution in [3.8, 4) is 0 Å². The Labute approximate surface area is 100.0 Å². The highest BCUT2D eigenvalue weighted by Gasteiger charge is 2.10. The molecule has 0 aromatic heterocycles. The van der Waals surface area contributed by atoms with E-state index in [1.54, 1.807) is 6.08 Å². The van der Waals surface area contributed by atoms with Gasteiger partial charge in [-0.3, -0.25) is 0 Å². The summed E-state index contributed by atoms with van der Waals surface area (Å²) in [5, 5.41) is 3.22. The van der Waals surface area contributed by atoms with E-state index in [2.05, 4.69) is 5.32 Å². The first kappa shape index (κ1) is 13.1. The summed E-state index contributed by atoms with van der Waals surface area (Å²) in [6, 6.07) is 3.50. The van der Waals surface area contributed by atoms with Gasteiger partial charge < -0.3 is 5.32 Å². The predicted octanol–water partition coefficient (Wildman–Crippen LogP) is 3.01. The van der Waals surface area contributed by atoms with Crippen molar-refractivity contribution in [3.63, 3.8) is 0 Å². The fourth-order valence-electron chi connectivity index (χ4n) is 1.72. The van der Waals surface area contributed by atoms with Crippen LogP contribution in [0.15, 0.2) is 24.3 Å². The van der Waals surface area contributed by atoms with Crippen molar-refractivity contribution >= 4 is 18.5 Å². The molecule has 1 N–H and O–H groups in total. The molecule has 1 fully saturated rings. The van der Waals surface area contributed by atoms with Crippen molar-refractivity contribution in [1.29, 1.82) is 0 Å². The van der Waals surface area contributed by atoms with Gasteiger partial charge in [0, 0.05) is 12.1 Å². The molecule has 1 saturated heterocycles. The summed E-state index contributed by atoms with van der Waals surface area (Å²) in [6.45, 7) is 1.92. The quantitative estimate of drug-likeness (QED) is 0.845. The Morgan fingerprint density at radius 1 is 1.31 bits per heavy atom. The second-order valence-corrected chi connectivity index (χ2v) is 3.78. The maximum absolute atomic E-state index is 13.2. The number of nitrogens with one attached hydrogen (secondary N) is 1. The Hall–Kier alpha value is -0.930. The van der Waals surface area contributed by atoms with E-state index in [0.29, 0.717) is 11.5 Å². The summed E-state index contributed by atoms with van der Waals surface area (Å²) in [5.74, 6) is -0.341. The van der Waals surface area contributed by atoms with E-state index >= 15 is 0 Å². The molecular formula is C12H14ClF2N. The van der Waals surface area contributed by atoms with E-state index in [9.17, 15) is 8.78 Å². The maximum atomic E-state index is 13.2. The van der Waals surface area contributed by atoms with Crippen LogP contribution in [-0.4, -0.2) is 13.1 Å². The van der Waals surface area contributed by atoms with E-state index in [1.165, 1.54) is 6.07 Å². The molecule has 0 radical (unpaired) electrons. The van der Waals surface area contributed by atoms with Gasteiger partial charge in [0.1, 0.15) is 11.6 Å². The maximum Gasteiger partial charge on any atom is 0.130 e. The highest BCUT2D eigenvalue weighted by Crippen LogP contribution is 2.15. The van der Waals surface area contributed by atoms with Gasteiger partial charge in [0.15, 0.2) is 0 Å². The summed E-state index contributed by atoms with van der Waals surface area (Å²) < 4.78 is 26.0. The lowest BCUT2D eigenvalue weighted by atomic mass is 10.1. The zero-order valence-electron chi connectivity index (χ0n) is 8.75. The van der Waals surface area contributed by atoms with Crippen molar-refractivity contribution < 1.29 is 8.78 Å². The topological polar surface area (TPSA) is 12.0 Å². The summed E-state index contributed by atoms with van der Waals surface area (Å²) in [5.41, 5.74) is 0.321. The van der Waals surface area contributed by atoms with Gasteiger partial charge in [-0.1, -0.05) is 12.2 Å². The number of rotatable bonds is 2. The molecule has 0 amide bonds. The van der Waals surface area contributed by atoms with Crippen LogP contribution in [0.25, 0.3) is 6.08 Å². The Kier molecular flexibility index (Phi) is 4.90. The van der Waals surface area contributed by atoms with Gasteiger partial charge in [-0.15, -0.1) is 12.4 Å². The molecule has 2 rings (SSSR count). The summed E-state index contributed by atoms with van der Waals surface area (Å²) in [4.78, 5) is 0. The Bertz CT molecular complexity index is 373. The van der Waals surface area contributed by atoms with Crippen LogP contribution in [0.4, 0.5) is 8.78 Å². The lowest BCUT2D eigenvalue weighted by Crippen LogP contribution is -2.07. The molecule has 1 heterocycles. The first-order valence-corrected chi connectivity index (χ1v) is 5.09. The molecule has 1 unspecified atom stereocenters. The van der Waals surface area contributed by atoms with E-state index in [-0.39, 0.29) is 18.2 Å². The number of hydrogen-bond acceptors (Lipinski definition) is 1. The van der Waals surface area contributed by atoms with E-state index < -0.39 is 5.82 Å². The number of hydrogen-bond donors (Lipinski definition) is 1. The molecule has 1 aromatic carbocycles. The van der Waals surface area contributed by atoms with Crippen LogP contribution >= 0.6 is 12.4 Å². The van der Waals surface area contributed by atoms with Crippen molar-refractivity contribution in [2.75, 3.05) is 13.1 Å². The standard InChI is InChI=1S/C12H13F2N.ClH/c13-11-3-4-12(14)10(7-11)2-1-9-5-6-15-8-9;/h1-4,7,9,15H,5-6,8H2;1H/b2-1+;. The molecular weight excluding hydrogens is 232 g/mol. The molecule has 1 nitrogen and oxygen atoms in total. The molecule has 4 heteroatoms. The van der Waals surface area contributed by atoms with E-state index in [4.69, 9.17) is 0 Å². The zero-order chi connectivity index (χ0) is 10.7. The van der Waals surface area contributed by atoms with Crippen LogP contribution in [0.2, 0.25) is 0 Å². The monoisotopic (exact) mass is 245 g/mol. The fraction of sp³-hybridized carbons (Fsp3) is 0.333. The van der Waals surface area contributed by atoms with Crippen molar-refractivity contribution in [2.24, 2.45) is 5.92 Å². The van der Waals surface area contributed by atoms with Gasteiger partial charge >= 0.3 is 0 Å². The van der Waals surface area contributed by atoms with Gasteiger partial charge in [-0.2, -0.15) is 0 Å². The average molecular weight is 246 g/mol. The van der Waals surface area contributed by atoms with Crippen LogP contribution < -0.4 is 5.32 Å². The summed E-state index contributed by atoms with van der Waals surface area (Å²) >= 11 is 0. The minimum absolute atomic E-state index is 0. The van der Waals surface area contributed by atoms with Crippen LogP contribution in [-0.2, 0) is 0 Å². The third kappa shape index (κ3) is 3.29. The lowest BCUT2D eigenvalue weighted by molar-refractivity contribution is 0.597.